The lowest BCUT2D eigenvalue weighted by Gasteiger charge is -2.15. The van der Waals surface area contributed by atoms with Crippen LogP contribution in [0.1, 0.15) is 22.7 Å². The molecule has 150 valence electrons. The van der Waals surface area contributed by atoms with Gasteiger partial charge in [0.05, 0.1) is 17.4 Å². The molecule has 1 atom stereocenters. The fraction of sp³-hybridized carbons (Fsp3) is 0.150. The van der Waals surface area contributed by atoms with Gasteiger partial charge in [-0.2, -0.15) is 0 Å². The number of phenolic OH excluding ortho intramolecular Hbond substituents is 3. The van der Waals surface area contributed by atoms with Crippen molar-refractivity contribution in [3.05, 3.63) is 63.5 Å². The summed E-state index contributed by atoms with van der Waals surface area (Å²) in [6, 6.07) is 6.14. The van der Waals surface area contributed by atoms with Crippen LogP contribution in [0.2, 0.25) is 0 Å². The van der Waals surface area contributed by atoms with Gasteiger partial charge in [-0.1, -0.05) is 12.1 Å². The number of fused-ring (bicyclic) bond motifs is 1. The molecule has 9 nitrogen and oxygen atoms in total. The van der Waals surface area contributed by atoms with Gasteiger partial charge in [-0.05, 0) is 30.2 Å². The van der Waals surface area contributed by atoms with Gasteiger partial charge in [0.2, 0.25) is 5.91 Å². The minimum absolute atomic E-state index is 0.0401. The summed E-state index contributed by atoms with van der Waals surface area (Å²) in [5.41, 5.74) is -0.418. The van der Waals surface area contributed by atoms with E-state index >= 15 is 0 Å². The van der Waals surface area contributed by atoms with E-state index in [1.807, 2.05) is 0 Å². The van der Waals surface area contributed by atoms with Gasteiger partial charge < -0.3 is 30.2 Å². The number of carboxylic acid groups (broad SMARTS) is 1. The van der Waals surface area contributed by atoms with Crippen molar-refractivity contribution in [2.75, 3.05) is 0 Å². The lowest BCUT2D eigenvalue weighted by molar-refractivity contribution is -0.142. The molecule has 3 rings (SSSR count). The van der Waals surface area contributed by atoms with Gasteiger partial charge in [0, 0.05) is 12.1 Å². The van der Waals surface area contributed by atoms with E-state index in [2.05, 4.69) is 5.32 Å². The first-order valence-corrected chi connectivity index (χ1v) is 8.46. The molecule has 3 aromatic rings. The predicted molar refractivity (Wildman–Crippen MR) is 101 cm³/mol. The Morgan fingerprint density at radius 1 is 1.07 bits per heavy atom. The third-order valence-corrected chi connectivity index (χ3v) is 4.46. The lowest BCUT2D eigenvalue weighted by atomic mass is 10.0. The van der Waals surface area contributed by atoms with Gasteiger partial charge in [-0.3, -0.25) is 4.79 Å². The van der Waals surface area contributed by atoms with Gasteiger partial charge >= 0.3 is 11.6 Å². The Morgan fingerprint density at radius 2 is 1.72 bits per heavy atom. The normalized spacial score (nSPS) is 11.9. The third kappa shape index (κ3) is 3.98. The molecule has 0 aliphatic carbocycles. The van der Waals surface area contributed by atoms with Gasteiger partial charge in [0.15, 0.2) is 6.04 Å². The van der Waals surface area contributed by atoms with E-state index in [1.165, 1.54) is 37.3 Å². The Kier molecular flexibility index (Phi) is 5.14. The predicted octanol–water partition coefficient (Wildman–Crippen LogP) is 1.70. The fourth-order valence-electron chi connectivity index (χ4n) is 3.04. The molecule has 0 saturated carbocycles. The molecule has 1 amide bonds. The molecule has 1 unspecified atom stereocenters. The molecule has 9 heteroatoms. The van der Waals surface area contributed by atoms with E-state index in [-0.39, 0.29) is 44.9 Å². The first-order chi connectivity index (χ1) is 13.7. The molecule has 0 bridgehead atoms. The Labute approximate surface area is 163 Å². The molecule has 5 N–H and O–H groups in total. The average molecular weight is 399 g/mol. The maximum atomic E-state index is 12.4. The maximum absolute atomic E-state index is 12.4. The quantitative estimate of drug-likeness (QED) is 0.406. The summed E-state index contributed by atoms with van der Waals surface area (Å²) in [5, 5.41) is 40.8. The molecule has 0 radical (unpaired) electrons. The molecule has 0 aliphatic heterocycles. The van der Waals surface area contributed by atoms with Crippen LogP contribution in [0.5, 0.6) is 17.2 Å². The van der Waals surface area contributed by atoms with Crippen LogP contribution in [0.25, 0.3) is 11.0 Å². The highest BCUT2D eigenvalue weighted by atomic mass is 16.4. The number of amides is 1. The van der Waals surface area contributed by atoms with Gasteiger partial charge in [0.25, 0.3) is 0 Å². The van der Waals surface area contributed by atoms with Crippen molar-refractivity contribution in [1.82, 2.24) is 5.32 Å². The van der Waals surface area contributed by atoms with Crippen molar-refractivity contribution in [2.45, 2.75) is 19.4 Å². The standard InChI is InChI=1S/C20H17NO8/c1-9-13(20(28)29-15-7-12(23)6-14(24)17(9)15)8-16(25)21-18(19(26)27)10-2-4-11(22)5-3-10/h2-7,18,22-24H,8H2,1H3,(H,21,25)(H,26,27). The zero-order chi connectivity index (χ0) is 21.3. The zero-order valence-electron chi connectivity index (χ0n) is 15.2. The van der Waals surface area contributed by atoms with E-state index < -0.39 is 30.0 Å². The number of hydrogen-bond donors (Lipinski definition) is 5. The van der Waals surface area contributed by atoms with Crippen molar-refractivity contribution >= 4 is 22.8 Å². The first-order valence-electron chi connectivity index (χ1n) is 8.46. The molecule has 0 aliphatic rings. The Hall–Kier alpha value is -4.01. The summed E-state index contributed by atoms with van der Waals surface area (Å²) in [7, 11) is 0. The number of carbonyl (C=O) groups excluding carboxylic acids is 1. The largest absolute Gasteiger partial charge is 0.508 e. The van der Waals surface area contributed by atoms with Crippen LogP contribution < -0.4 is 10.9 Å². The Morgan fingerprint density at radius 3 is 2.34 bits per heavy atom. The Bertz CT molecular complexity index is 1160. The van der Waals surface area contributed by atoms with Crippen molar-refractivity contribution in [3.8, 4) is 17.2 Å². The smallest absolute Gasteiger partial charge is 0.340 e. The molecule has 2 aromatic carbocycles. The number of carboxylic acids is 1. The molecule has 0 spiro atoms. The van der Waals surface area contributed by atoms with Crippen molar-refractivity contribution in [1.29, 1.82) is 0 Å². The van der Waals surface area contributed by atoms with Crippen LogP contribution >= 0.6 is 0 Å². The van der Waals surface area contributed by atoms with E-state index in [9.17, 15) is 34.8 Å². The summed E-state index contributed by atoms with van der Waals surface area (Å²) in [6.07, 6.45) is -0.480. The highest BCUT2D eigenvalue weighted by Gasteiger charge is 2.24. The fourth-order valence-corrected chi connectivity index (χ4v) is 3.04. The SMILES string of the molecule is Cc1c(CC(=O)NC(C(=O)O)c2ccc(O)cc2)c(=O)oc2cc(O)cc(O)c12. The van der Waals surface area contributed by atoms with E-state index in [4.69, 9.17) is 4.42 Å². The summed E-state index contributed by atoms with van der Waals surface area (Å²) in [6.45, 7) is 1.51. The maximum Gasteiger partial charge on any atom is 0.340 e. The van der Waals surface area contributed by atoms with E-state index in [0.29, 0.717) is 0 Å². The number of aryl methyl sites for hydroxylation is 1. The third-order valence-electron chi connectivity index (χ3n) is 4.46. The number of nitrogens with one attached hydrogen (secondary N) is 1. The number of carbonyl (C=O) groups is 2. The van der Waals surface area contributed by atoms with Crippen LogP contribution in [-0.4, -0.2) is 32.3 Å². The number of hydrogen-bond acceptors (Lipinski definition) is 7. The van der Waals surface area contributed by atoms with Crippen molar-refractivity contribution < 1.29 is 34.4 Å². The minimum Gasteiger partial charge on any atom is -0.508 e. The molecule has 1 heterocycles. The average Bonchev–Trinajstić information content (AvgIpc) is 2.63. The minimum atomic E-state index is -1.39. The number of phenols is 3. The van der Waals surface area contributed by atoms with Crippen LogP contribution in [0, 0.1) is 6.92 Å². The van der Waals surface area contributed by atoms with Gasteiger partial charge in [-0.25, -0.2) is 9.59 Å². The second-order valence-electron chi connectivity index (χ2n) is 6.44. The van der Waals surface area contributed by atoms with Crippen molar-refractivity contribution in [3.63, 3.8) is 0 Å². The number of benzene rings is 2. The van der Waals surface area contributed by atoms with Gasteiger partial charge in [0.1, 0.15) is 22.8 Å². The van der Waals surface area contributed by atoms with Crippen LogP contribution in [0.15, 0.2) is 45.6 Å². The monoisotopic (exact) mass is 399 g/mol. The second kappa shape index (κ2) is 7.55. The summed E-state index contributed by atoms with van der Waals surface area (Å²) < 4.78 is 5.09. The lowest BCUT2D eigenvalue weighted by Crippen LogP contribution is -2.35. The number of aromatic hydroxyl groups is 3. The molecule has 0 saturated heterocycles. The molecular formula is C20H17NO8. The summed E-state index contributed by atoms with van der Waals surface area (Å²) in [4.78, 5) is 36.3. The summed E-state index contributed by atoms with van der Waals surface area (Å²) in [5.74, 6) is -2.74. The first kappa shape index (κ1) is 19.7. The van der Waals surface area contributed by atoms with Gasteiger partial charge in [-0.15, -0.1) is 0 Å². The zero-order valence-corrected chi connectivity index (χ0v) is 15.2. The highest BCUT2D eigenvalue weighted by molar-refractivity contribution is 5.91. The second-order valence-corrected chi connectivity index (χ2v) is 6.44. The van der Waals surface area contributed by atoms with Crippen molar-refractivity contribution in [2.24, 2.45) is 0 Å². The van der Waals surface area contributed by atoms with Crippen LogP contribution in [-0.2, 0) is 16.0 Å². The molecule has 29 heavy (non-hydrogen) atoms. The molecule has 1 aromatic heterocycles. The Balaban J connectivity index is 1.92. The highest BCUT2D eigenvalue weighted by Crippen LogP contribution is 2.32. The number of rotatable bonds is 5. The molecule has 0 fully saturated rings. The summed E-state index contributed by atoms with van der Waals surface area (Å²) >= 11 is 0. The van der Waals surface area contributed by atoms with E-state index in [0.717, 1.165) is 6.07 Å². The van der Waals surface area contributed by atoms with Crippen LogP contribution in [0.3, 0.4) is 0 Å². The number of aliphatic carboxylic acids is 1. The van der Waals surface area contributed by atoms with Crippen LogP contribution in [0.4, 0.5) is 0 Å². The van der Waals surface area contributed by atoms with E-state index in [1.54, 1.807) is 0 Å². The molecular weight excluding hydrogens is 382 g/mol. The topological polar surface area (TPSA) is 157 Å².